The summed E-state index contributed by atoms with van der Waals surface area (Å²) in [6.07, 6.45) is 0. The van der Waals surface area contributed by atoms with Crippen molar-refractivity contribution in [2.45, 2.75) is 11.8 Å². The van der Waals surface area contributed by atoms with Crippen LogP contribution in [0.5, 0.6) is 0 Å². The molecule has 0 bridgehead atoms. The molecular formula is C11H11ClO3S. The zero-order chi connectivity index (χ0) is 12.2. The molecule has 0 aliphatic heterocycles. The Morgan fingerprint density at radius 1 is 1.44 bits per heavy atom. The van der Waals surface area contributed by atoms with Crippen LogP contribution in [0.3, 0.4) is 0 Å². The number of hydrogen-bond donors (Lipinski definition) is 1. The van der Waals surface area contributed by atoms with Gasteiger partial charge in [-0.15, -0.1) is 0 Å². The molecule has 0 aliphatic carbocycles. The highest BCUT2D eigenvalue weighted by molar-refractivity contribution is 7.95. The largest absolute Gasteiger partial charge is 0.390 e. The Morgan fingerprint density at radius 2 is 2.00 bits per heavy atom. The maximum Gasteiger partial charge on any atom is 0.212 e. The van der Waals surface area contributed by atoms with Crippen molar-refractivity contribution in [3.8, 4) is 0 Å². The van der Waals surface area contributed by atoms with Crippen molar-refractivity contribution >= 4 is 21.4 Å². The van der Waals surface area contributed by atoms with E-state index in [1.807, 2.05) is 6.92 Å². The molecule has 0 amide bonds. The van der Waals surface area contributed by atoms with Crippen LogP contribution in [0.15, 0.2) is 45.3 Å². The van der Waals surface area contributed by atoms with Gasteiger partial charge in [0.05, 0.1) is 11.5 Å². The van der Waals surface area contributed by atoms with Crippen LogP contribution in [0.2, 0.25) is 0 Å². The molecule has 1 aromatic carbocycles. The number of aliphatic hydroxyl groups is 1. The highest BCUT2D eigenvalue weighted by atomic mass is 35.5. The van der Waals surface area contributed by atoms with E-state index in [1.54, 1.807) is 12.1 Å². The van der Waals surface area contributed by atoms with Gasteiger partial charge in [0, 0.05) is 5.54 Å². The molecule has 0 saturated carbocycles. The van der Waals surface area contributed by atoms with Gasteiger partial charge in [0.1, 0.15) is 4.91 Å². The van der Waals surface area contributed by atoms with Gasteiger partial charge in [0.2, 0.25) is 9.84 Å². The predicted octanol–water partition coefficient (Wildman–Crippen LogP) is 2.00. The molecule has 0 saturated heterocycles. The van der Waals surface area contributed by atoms with Gasteiger partial charge in [0.15, 0.2) is 0 Å². The molecule has 86 valence electrons. The second-order valence-corrected chi connectivity index (χ2v) is 5.34. The molecule has 3 nitrogen and oxygen atoms in total. The zero-order valence-corrected chi connectivity index (χ0v) is 10.2. The average Bonchev–Trinajstić information content (AvgIpc) is 2.26. The van der Waals surface area contributed by atoms with Gasteiger partial charge in [-0.2, -0.15) is 0 Å². The Morgan fingerprint density at radius 3 is 2.44 bits per heavy atom. The van der Waals surface area contributed by atoms with E-state index in [0.717, 1.165) is 11.1 Å². The van der Waals surface area contributed by atoms with Crippen LogP contribution in [0.1, 0.15) is 5.56 Å². The Bertz CT molecular complexity index is 523. The first-order valence-electron chi connectivity index (χ1n) is 4.49. The summed E-state index contributed by atoms with van der Waals surface area (Å²) in [6, 6.07) is 6.34. The van der Waals surface area contributed by atoms with Gasteiger partial charge in [-0.1, -0.05) is 35.0 Å². The lowest BCUT2D eigenvalue weighted by molar-refractivity contribution is 0.338. The van der Waals surface area contributed by atoms with Crippen molar-refractivity contribution in [1.82, 2.24) is 0 Å². The fourth-order valence-electron chi connectivity index (χ4n) is 1.13. The van der Waals surface area contributed by atoms with E-state index in [0.29, 0.717) is 0 Å². The van der Waals surface area contributed by atoms with Crippen LogP contribution in [0.25, 0.3) is 0 Å². The number of rotatable bonds is 3. The monoisotopic (exact) mass is 258 g/mol. The third-order valence-electron chi connectivity index (χ3n) is 2.01. The molecule has 0 aromatic heterocycles. The molecule has 0 spiro atoms. The van der Waals surface area contributed by atoms with E-state index in [9.17, 15) is 8.42 Å². The number of hydrogen-bond acceptors (Lipinski definition) is 3. The van der Waals surface area contributed by atoms with E-state index in [1.165, 1.54) is 12.1 Å². The lowest BCUT2D eigenvalue weighted by atomic mass is 10.2. The minimum absolute atomic E-state index is 0.119. The third-order valence-corrected chi connectivity index (χ3v) is 3.91. The fourth-order valence-corrected chi connectivity index (χ4v) is 2.49. The summed E-state index contributed by atoms with van der Waals surface area (Å²) in [5.41, 5.74) is 4.21. The highest BCUT2D eigenvalue weighted by Gasteiger charge is 2.19. The summed E-state index contributed by atoms with van der Waals surface area (Å²) >= 11 is 5.26. The number of aliphatic hydroxyl groups excluding tert-OH is 1. The van der Waals surface area contributed by atoms with Crippen LogP contribution in [0.4, 0.5) is 0 Å². The van der Waals surface area contributed by atoms with E-state index >= 15 is 0 Å². The summed E-state index contributed by atoms with van der Waals surface area (Å²) in [5, 5.41) is 8.95. The summed E-state index contributed by atoms with van der Waals surface area (Å²) in [6.45, 7) is 1.23. The Kier molecular flexibility index (Phi) is 4.33. The van der Waals surface area contributed by atoms with Crippen LogP contribution in [-0.2, 0) is 9.84 Å². The molecule has 1 aromatic rings. The van der Waals surface area contributed by atoms with E-state index in [4.69, 9.17) is 16.7 Å². The smallest absolute Gasteiger partial charge is 0.212 e. The van der Waals surface area contributed by atoms with E-state index in [2.05, 4.69) is 5.73 Å². The summed E-state index contributed by atoms with van der Waals surface area (Å²) in [5.74, 6) is 0. The number of benzene rings is 1. The number of sulfone groups is 1. The Balaban J connectivity index is 3.32. The normalized spacial score (nSPS) is 10.7. The third kappa shape index (κ3) is 2.74. The predicted molar refractivity (Wildman–Crippen MR) is 62.9 cm³/mol. The maximum absolute atomic E-state index is 11.9. The van der Waals surface area contributed by atoms with E-state index < -0.39 is 16.4 Å². The van der Waals surface area contributed by atoms with Crippen molar-refractivity contribution in [2.24, 2.45) is 0 Å². The van der Waals surface area contributed by atoms with Gasteiger partial charge in [0.25, 0.3) is 0 Å². The van der Waals surface area contributed by atoms with Crippen molar-refractivity contribution in [2.75, 3.05) is 6.61 Å². The standard InChI is InChI=1S/C11H11ClO3S/c1-9-2-4-10(5-3-9)16(14,15)11(8-13)6-7-12/h2-5,7,13H,8H2,1H3. The van der Waals surface area contributed by atoms with Crippen molar-refractivity contribution in [3.63, 3.8) is 0 Å². The van der Waals surface area contributed by atoms with Gasteiger partial charge >= 0.3 is 0 Å². The molecule has 1 rings (SSSR count). The van der Waals surface area contributed by atoms with Gasteiger partial charge < -0.3 is 5.11 Å². The summed E-state index contributed by atoms with van der Waals surface area (Å²) in [7, 11) is -3.69. The minimum atomic E-state index is -3.69. The Hall–Kier alpha value is -1.06. The highest BCUT2D eigenvalue weighted by Crippen LogP contribution is 2.18. The minimum Gasteiger partial charge on any atom is -0.390 e. The first-order chi connectivity index (χ1) is 7.52. The number of halogens is 1. The van der Waals surface area contributed by atoms with Gasteiger partial charge in [-0.25, -0.2) is 8.42 Å². The lowest BCUT2D eigenvalue weighted by Crippen LogP contribution is -2.07. The number of aryl methyl sites for hydroxylation is 1. The molecule has 0 heterocycles. The SMILES string of the molecule is Cc1ccc(S(=O)(=O)C(=C=CCl)CO)cc1. The fraction of sp³-hybridized carbons (Fsp3) is 0.182. The van der Waals surface area contributed by atoms with E-state index in [-0.39, 0.29) is 9.80 Å². The molecule has 16 heavy (non-hydrogen) atoms. The van der Waals surface area contributed by atoms with Crippen LogP contribution in [-0.4, -0.2) is 20.1 Å². The molecular weight excluding hydrogens is 248 g/mol. The summed E-state index contributed by atoms with van der Waals surface area (Å²) in [4.78, 5) is -0.125. The molecule has 5 heteroatoms. The van der Waals surface area contributed by atoms with Crippen molar-refractivity contribution in [1.29, 1.82) is 0 Å². The second kappa shape index (κ2) is 5.32. The van der Waals surface area contributed by atoms with Crippen molar-refractivity contribution < 1.29 is 13.5 Å². The average molecular weight is 259 g/mol. The molecule has 0 atom stereocenters. The Labute approximate surface area is 99.6 Å². The molecule has 1 N–H and O–H groups in total. The molecule has 0 unspecified atom stereocenters. The quantitative estimate of drug-likeness (QED) is 0.844. The lowest BCUT2D eigenvalue weighted by Gasteiger charge is -2.04. The van der Waals surface area contributed by atoms with Crippen LogP contribution < -0.4 is 0 Å². The van der Waals surface area contributed by atoms with Crippen molar-refractivity contribution in [3.05, 3.63) is 46.0 Å². The topological polar surface area (TPSA) is 54.4 Å². The maximum atomic E-state index is 11.9. The summed E-state index contributed by atoms with van der Waals surface area (Å²) < 4.78 is 23.9. The van der Waals surface area contributed by atoms with Crippen LogP contribution >= 0.6 is 11.6 Å². The molecule has 0 radical (unpaired) electrons. The molecule has 0 aliphatic rings. The van der Waals surface area contributed by atoms with Gasteiger partial charge in [-0.05, 0) is 19.1 Å². The van der Waals surface area contributed by atoms with Crippen LogP contribution in [0, 0.1) is 6.92 Å². The molecule has 0 fully saturated rings. The first-order valence-corrected chi connectivity index (χ1v) is 6.41. The zero-order valence-electron chi connectivity index (χ0n) is 8.64. The van der Waals surface area contributed by atoms with Gasteiger partial charge in [-0.3, -0.25) is 0 Å². The first kappa shape index (κ1) is 13.0. The second-order valence-electron chi connectivity index (χ2n) is 3.15.